The average Bonchev–Trinajstić information content (AvgIpc) is 3.21. The number of hydrogen-bond acceptors (Lipinski definition) is 8. The summed E-state index contributed by atoms with van der Waals surface area (Å²) >= 11 is 0. The Morgan fingerprint density at radius 2 is 2.04 bits per heavy atom. The van der Waals surface area contributed by atoms with E-state index in [1.807, 2.05) is 0 Å². The van der Waals surface area contributed by atoms with Crippen molar-refractivity contribution >= 4 is 27.1 Å². The van der Waals surface area contributed by atoms with Crippen LogP contribution in [0.4, 0.5) is 11.4 Å². The molecular formula is C16H18N4O6S. The molecule has 1 aromatic carbocycles. The standard InChI is InChI=1S/C16H18N4O6S/c1-12(15-3-2-8-26-15)17-18-14-5-4-13(20(21)22)11-16(14)27(23,24)19-6-9-25-10-7-19/h2-5,8,11,18H,6-7,9-10H2,1H3. The monoisotopic (exact) mass is 394 g/mol. The van der Waals surface area contributed by atoms with Gasteiger partial charge in [0.2, 0.25) is 10.0 Å². The van der Waals surface area contributed by atoms with E-state index in [9.17, 15) is 18.5 Å². The average molecular weight is 394 g/mol. The van der Waals surface area contributed by atoms with Gasteiger partial charge >= 0.3 is 0 Å². The van der Waals surface area contributed by atoms with Crippen LogP contribution in [0.2, 0.25) is 0 Å². The number of furan rings is 1. The number of nitrogens with zero attached hydrogens (tertiary/aromatic N) is 3. The molecule has 1 aromatic heterocycles. The first kappa shape index (κ1) is 19.0. The Labute approximate surface area is 155 Å². The first-order valence-electron chi connectivity index (χ1n) is 8.10. The largest absolute Gasteiger partial charge is 0.463 e. The van der Waals surface area contributed by atoms with Crippen molar-refractivity contribution in [3.63, 3.8) is 0 Å². The maximum absolute atomic E-state index is 13.0. The molecule has 1 fully saturated rings. The summed E-state index contributed by atoms with van der Waals surface area (Å²) in [7, 11) is -3.96. The zero-order valence-corrected chi connectivity index (χ0v) is 15.3. The summed E-state index contributed by atoms with van der Waals surface area (Å²) in [6.07, 6.45) is 1.49. The van der Waals surface area contributed by atoms with Crippen LogP contribution in [0.15, 0.2) is 51.0 Å². The lowest BCUT2D eigenvalue weighted by molar-refractivity contribution is -0.385. The maximum atomic E-state index is 13.0. The number of morpholine rings is 1. The summed E-state index contributed by atoms with van der Waals surface area (Å²) in [5.41, 5.74) is 2.99. The van der Waals surface area contributed by atoms with Crippen molar-refractivity contribution in [3.8, 4) is 0 Å². The Morgan fingerprint density at radius 3 is 2.67 bits per heavy atom. The van der Waals surface area contributed by atoms with Crippen LogP contribution >= 0.6 is 0 Å². The third-order valence-electron chi connectivity index (χ3n) is 3.99. The second-order valence-electron chi connectivity index (χ2n) is 5.74. The molecule has 27 heavy (non-hydrogen) atoms. The van der Waals surface area contributed by atoms with Crippen molar-refractivity contribution in [2.45, 2.75) is 11.8 Å². The number of nitrogens with one attached hydrogen (secondary N) is 1. The van der Waals surface area contributed by atoms with Crippen LogP contribution < -0.4 is 5.43 Å². The molecule has 0 radical (unpaired) electrons. The molecule has 144 valence electrons. The quantitative estimate of drug-likeness (QED) is 0.451. The lowest BCUT2D eigenvalue weighted by atomic mass is 10.3. The van der Waals surface area contributed by atoms with E-state index in [4.69, 9.17) is 9.15 Å². The fourth-order valence-corrected chi connectivity index (χ4v) is 4.11. The highest BCUT2D eigenvalue weighted by atomic mass is 32.2. The lowest BCUT2D eigenvalue weighted by Crippen LogP contribution is -2.40. The summed E-state index contributed by atoms with van der Waals surface area (Å²) in [5, 5.41) is 15.2. The van der Waals surface area contributed by atoms with Crippen LogP contribution in [0.25, 0.3) is 0 Å². The Bertz CT molecular complexity index is 949. The van der Waals surface area contributed by atoms with Gasteiger partial charge in [-0.2, -0.15) is 9.41 Å². The molecule has 0 unspecified atom stereocenters. The zero-order chi connectivity index (χ0) is 19.4. The number of nitro benzene ring substituents is 1. The third-order valence-corrected chi connectivity index (χ3v) is 5.92. The number of sulfonamides is 1. The number of anilines is 1. The zero-order valence-electron chi connectivity index (χ0n) is 14.5. The Balaban J connectivity index is 1.98. The van der Waals surface area contributed by atoms with E-state index in [0.717, 1.165) is 6.07 Å². The van der Waals surface area contributed by atoms with Gasteiger partial charge in [0.25, 0.3) is 5.69 Å². The molecule has 10 nitrogen and oxygen atoms in total. The maximum Gasteiger partial charge on any atom is 0.270 e. The van der Waals surface area contributed by atoms with E-state index >= 15 is 0 Å². The topological polar surface area (TPSA) is 127 Å². The molecule has 1 aliphatic heterocycles. The lowest BCUT2D eigenvalue weighted by Gasteiger charge is -2.26. The summed E-state index contributed by atoms with van der Waals surface area (Å²) in [6, 6.07) is 6.99. The second kappa shape index (κ2) is 7.86. The van der Waals surface area contributed by atoms with Crippen molar-refractivity contribution in [1.29, 1.82) is 0 Å². The van der Waals surface area contributed by atoms with Gasteiger partial charge in [0.05, 0.1) is 30.1 Å². The summed E-state index contributed by atoms with van der Waals surface area (Å²) in [6.45, 7) is 2.59. The minimum atomic E-state index is -3.96. The first-order valence-corrected chi connectivity index (χ1v) is 9.54. The smallest absolute Gasteiger partial charge is 0.270 e. The Kier molecular flexibility index (Phi) is 5.54. The van der Waals surface area contributed by atoms with E-state index in [1.54, 1.807) is 19.1 Å². The predicted octanol–water partition coefficient (Wildman–Crippen LogP) is 2.04. The summed E-state index contributed by atoms with van der Waals surface area (Å²) < 4.78 is 37.6. The van der Waals surface area contributed by atoms with Gasteiger partial charge in [-0.25, -0.2) is 8.42 Å². The molecular weight excluding hydrogens is 376 g/mol. The number of nitro groups is 1. The van der Waals surface area contributed by atoms with Crippen molar-refractivity contribution < 1.29 is 22.5 Å². The van der Waals surface area contributed by atoms with Crippen LogP contribution in [-0.4, -0.2) is 49.7 Å². The number of rotatable bonds is 6. The van der Waals surface area contributed by atoms with Gasteiger partial charge in [-0.1, -0.05) is 0 Å². The minimum absolute atomic E-state index is 0.137. The Hall–Kier alpha value is -2.76. The molecule has 2 aromatic rings. The van der Waals surface area contributed by atoms with Crippen LogP contribution in [0.1, 0.15) is 12.7 Å². The fraction of sp³-hybridized carbons (Fsp3) is 0.312. The van der Waals surface area contributed by atoms with Gasteiger partial charge in [0.15, 0.2) is 0 Å². The predicted molar refractivity (Wildman–Crippen MR) is 97.2 cm³/mol. The molecule has 0 spiro atoms. The number of hydrogen-bond donors (Lipinski definition) is 1. The van der Waals surface area contributed by atoms with Gasteiger partial charge in [-0.15, -0.1) is 0 Å². The molecule has 11 heteroatoms. The van der Waals surface area contributed by atoms with Gasteiger partial charge in [-0.3, -0.25) is 15.5 Å². The summed E-state index contributed by atoms with van der Waals surface area (Å²) in [5.74, 6) is 0.516. The molecule has 0 saturated carbocycles. The molecule has 1 N–H and O–H groups in total. The van der Waals surface area contributed by atoms with Crippen molar-refractivity contribution in [2.24, 2.45) is 5.10 Å². The minimum Gasteiger partial charge on any atom is -0.463 e. The van der Waals surface area contributed by atoms with Crippen LogP contribution in [0.3, 0.4) is 0 Å². The van der Waals surface area contributed by atoms with E-state index in [-0.39, 0.29) is 42.6 Å². The molecule has 2 heterocycles. The van der Waals surface area contributed by atoms with Crippen molar-refractivity contribution in [3.05, 3.63) is 52.5 Å². The fourth-order valence-electron chi connectivity index (χ4n) is 2.54. The van der Waals surface area contributed by atoms with Gasteiger partial charge in [0.1, 0.15) is 16.4 Å². The van der Waals surface area contributed by atoms with Gasteiger partial charge < -0.3 is 9.15 Å². The van der Waals surface area contributed by atoms with E-state index in [0.29, 0.717) is 11.5 Å². The Morgan fingerprint density at radius 1 is 1.30 bits per heavy atom. The van der Waals surface area contributed by atoms with Gasteiger partial charge in [-0.05, 0) is 25.1 Å². The van der Waals surface area contributed by atoms with E-state index < -0.39 is 14.9 Å². The number of non-ortho nitro benzene ring substituents is 1. The molecule has 0 aliphatic carbocycles. The van der Waals surface area contributed by atoms with Crippen LogP contribution in [0.5, 0.6) is 0 Å². The number of ether oxygens (including phenoxy) is 1. The van der Waals surface area contributed by atoms with E-state index in [1.165, 1.54) is 22.7 Å². The molecule has 0 bridgehead atoms. The number of hydrazone groups is 1. The highest BCUT2D eigenvalue weighted by molar-refractivity contribution is 7.89. The molecule has 3 rings (SSSR count). The molecule has 1 saturated heterocycles. The number of benzene rings is 1. The summed E-state index contributed by atoms with van der Waals surface area (Å²) in [4.78, 5) is 10.3. The molecule has 1 aliphatic rings. The molecule has 0 amide bonds. The van der Waals surface area contributed by atoms with Crippen LogP contribution in [0, 0.1) is 10.1 Å². The highest BCUT2D eigenvalue weighted by Gasteiger charge is 2.30. The van der Waals surface area contributed by atoms with Crippen molar-refractivity contribution in [1.82, 2.24) is 4.31 Å². The van der Waals surface area contributed by atoms with Crippen LogP contribution in [-0.2, 0) is 14.8 Å². The van der Waals surface area contributed by atoms with Gasteiger partial charge in [0, 0.05) is 25.2 Å². The third kappa shape index (κ3) is 4.15. The molecule has 0 atom stereocenters. The van der Waals surface area contributed by atoms with E-state index in [2.05, 4.69) is 10.5 Å². The first-order chi connectivity index (χ1) is 12.9. The second-order valence-corrected chi connectivity index (χ2v) is 7.65. The SMILES string of the molecule is CC(=NNc1ccc([N+](=O)[O-])cc1S(=O)(=O)N1CCOCC1)c1ccco1. The highest BCUT2D eigenvalue weighted by Crippen LogP contribution is 2.29. The normalized spacial score (nSPS) is 16.3. The van der Waals surface area contributed by atoms with Crippen molar-refractivity contribution in [2.75, 3.05) is 31.7 Å².